The maximum atomic E-state index is 13.8. The highest BCUT2D eigenvalue weighted by molar-refractivity contribution is 8.01. The molecule has 0 saturated heterocycles. The number of thioether (sulfide) groups is 1. The third-order valence-corrected chi connectivity index (χ3v) is 5.99. The fourth-order valence-corrected chi connectivity index (χ4v) is 3.69. The van der Waals surface area contributed by atoms with Gasteiger partial charge in [0, 0.05) is 0 Å². The van der Waals surface area contributed by atoms with Gasteiger partial charge in [-0.1, -0.05) is 30.0 Å². The van der Waals surface area contributed by atoms with Gasteiger partial charge in [-0.25, -0.2) is 0 Å². The molecule has 1 aromatic heterocycles. The second kappa shape index (κ2) is 9.38. The van der Waals surface area contributed by atoms with E-state index in [0.29, 0.717) is 5.32 Å². The van der Waals surface area contributed by atoms with Crippen molar-refractivity contribution in [2.45, 2.75) is 58.1 Å². The van der Waals surface area contributed by atoms with Gasteiger partial charge >= 0.3 is 52.7 Å². The average molecular weight is 624 g/mol. The largest absolute Gasteiger partial charge is 0.393 e. The number of rotatable bonds is 11. The van der Waals surface area contributed by atoms with Crippen LogP contribution >= 0.6 is 34.7 Å². The molecule has 0 unspecified atom stereocenters. The predicted octanol–water partition coefficient (Wildman–Crippen LogP) is 6.87. The normalized spacial score (nSPS) is 15.3. The highest BCUT2D eigenvalue weighted by Crippen LogP contribution is 2.64. The number of carbonyl (C=O) groups is 1. The number of aromatic nitrogens is 2. The molecule has 23 heteroatoms. The summed E-state index contributed by atoms with van der Waals surface area (Å²) in [5.74, 6) is -60.5. The number of halogens is 17. The standard InChI is InChI=1S/C13H6ClF16N3OS2/c1-2-35-5-33-32-4(36-5)31-3(34)6(15,16)7(17,18)8(19,20)9(21,22)10(23,24)11(25,26)12(27,28)13(14,29)30/h2H2,1H3,(H,31,32,34). The van der Waals surface area contributed by atoms with Crippen molar-refractivity contribution in [3.63, 3.8) is 0 Å². The van der Waals surface area contributed by atoms with Gasteiger partial charge in [0.1, 0.15) is 0 Å². The zero-order chi connectivity index (χ0) is 29.0. The first-order valence-electron chi connectivity index (χ1n) is 8.17. The number of anilines is 1. The fourth-order valence-electron chi connectivity index (χ4n) is 1.92. The van der Waals surface area contributed by atoms with E-state index in [1.807, 2.05) is 0 Å². The molecular formula is C13H6ClF16N3OS2. The molecule has 1 heterocycles. The van der Waals surface area contributed by atoms with Crippen molar-refractivity contribution in [2.24, 2.45) is 0 Å². The molecule has 0 spiro atoms. The van der Waals surface area contributed by atoms with Crippen molar-refractivity contribution < 1.29 is 75.0 Å². The number of hydrogen-bond donors (Lipinski definition) is 1. The minimum absolute atomic E-state index is 0.140. The Morgan fingerprint density at radius 3 is 1.53 bits per heavy atom. The van der Waals surface area contributed by atoms with Crippen LogP contribution in [0.5, 0.6) is 0 Å². The van der Waals surface area contributed by atoms with Gasteiger partial charge in [0.25, 0.3) is 0 Å². The summed E-state index contributed by atoms with van der Waals surface area (Å²) in [5.41, 5.74) is 0. The Balaban J connectivity index is 3.51. The van der Waals surface area contributed by atoms with Gasteiger partial charge in [0.15, 0.2) is 4.34 Å². The van der Waals surface area contributed by atoms with Crippen LogP contribution in [0, 0.1) is 0 Å². The molecule has 0 aliphatic rings. The van der Waals surface area contributed by atoms with Crippen LogP contribution in [0.3, 0.4) is 0 Å². The van der Waals surface area contributed by atoms with Crippen LogP contribution in [-0.2, 0) is 4.79 Å². The first kappa shape index (κ1) is 32.6. The van der Waals surface area contributed by atoms with Crippen molar-refractivity contribution in [3.8, 4) is 0 Å². The Labute approximate surface area is 200 Å². The van der Waals surface area contributed by atoms with E-state index in [2.05, 4.69) is 21.8 Å². The highest BCUT2D eigenvalue weighted by Gasteiger charge is 2.95. The van der Waals surface area contributed by atoms with E-state index >= 15 is 0 Å². The van der Waals surface area contributed by atoms with Gasteiger partial charge in [-0.2, -0.15) is 70.2 Å². The summed E-state index contributed by atoms with van der Waals surface area (Å²) < 4.78 is 214. The zero-order valence-corrected chi connectivity index (χ0v) is 18.6. The Kier molecular flexibility index (Phi) is 8.49. The first-order chi connectivity index (χ1) is 15.7. The van der Waals surface area contributed by atoms with Gasteiger partial charge in [-0.05, 0) is 17.4 Å². The van der Waals surface area contributed by atoms with E-state index in [4.69, 9.17) is 0 Å². The lowest BCUT2D eigenvalue weighted by molar-refractivity contribution is -0.445. The lowest BCUT2D eigenvalue weighted by Crippen LogP contribution is -2.75. The Bertz CT molecular complexity index is 963. The van der Waals surface area contributed by atoms with Gasteiger partial charge in [-0.3, -0.25) is 10.1 Å². The zero-order valence-electron chi connectivity index (χ0n) is 16.3. The SMILES string of the molecule is CCSc1nnc(NC(=O)C(F)(F)C(F)(F)C(F)(F)C(F)(F)C(F)(F)C(F)(F)C(F)(F)C(F)(F)Cl)s1. The number of nitrogens with zero attached hydrogens (tertiary/aromatic N) is 2. The number of nitrogens with one attached hydrogen (secondary N) is 1. The lowest BCUT2D eigenvalue weighted by atomic mass is 9.89. The van der Waals surface area contributed by atoms with Gasteiger partial charge in [0.2, 0.25) is 5.13 Å². The second-order valence-corrected chi connectivity index (χ2v) is 9.24. The van der Waals surface area contributed by atoms with E-state index in [-0.39, 0.29) is 21.4 Å². The quantitative estimate of drug-likeness (QED) is 0.127. The molecule has 0 saturated carbocycles. The molecule has 0 aromatic carbocycles. The van der Waals surface area contributed by atoms with Crippen molar-refractivity contribution >= 4 is 45.7 Å². The lowest BCUT2D eigenvalue weighted by Gasteiger charge is -2.42. The third kappa shape index (κ3) is 4.64. The molecule has 1 N–H and O–H groups in total. The van der Waals surface area contributed by atoms with E-state index in [1.54, 1.807) is 0 Å². The molecule has 210 valence electrons. The molecular weight excluding hydrogens is 618 g/mol. The summed E-state index contributed by atoms with van der Waals surface area (Å²) in [5, 5.41) is -1.18. The summed E-state index contributed by atoms with van der Waals surface area (Å²) in [4.78, 5) is 11.4. The van der Waals surface area contributed by atoms with Crippen LogP contribution in [0.15, 0.2) is 4.34 Å². The van der Waals surface area contributed by atoms with E-state index < -0.39 is 57.9 Å². The summed E-state index contributed by atoms with van der Waals surface area (Å²) >= 11 is 4.38. The monoisotopic (exact) mass is 623 g/mol. The minimum Gasteiger partial charge on any atom is -0.295 e. The number of hydrogen-bond acceptors (Lipinski definition) is 5. The second-order valence-electron chi connectivity index (χ2n) is 6.28. The smallest absolute Gasteiger partial charge is 0.295 e. The first-order valence-corrected chi connectivity index (χ1v) is 10.4. The Morgan fingerprint density at radius 1 is 0.750 bits per heavy atom. The topological polar surface area (TPSA) is 54.9 Å². The maximum absolute atomic E-state index is 13.8. The van der Waals surface area contributed by atoms with Gasteiger partial charge in [-0.15, -0.1) is 10.2 Å². The molecule has 0 aliphatic heterocycles. The molecule has 0 aliphatic carbocycles. The molecule has 1 rings (SSSR count). The van der Waals surface area contributed by atoms with Crippen LogP contribution < -0.4 is 5.32 Å². The fraction of sp³-hybridized carbons (Fsp3) is 0.769. The van der Waals surface area contributed by atoms with Gasteiger partial charge in [0.05, 0.1) is 0 Å². The molecule has 4 nitrogen and oxygen atoms in total. The molecule has 0 atom stereocenters. The summed E-state index contributed by atoms with van der Waals surface area (Å²) in [6, 6.07) is 0. The summed E-state index contributed by atoms with van der Waals surface area (Å²) in [6.07, 6.45) is 0. The molecule has 1 aromatic rings. The molecule has 0 radical (unpaired) electrons. The van der Waals surface area contributed by atoms with E-state index in [0.717, 1.165) is 11.8 Å². The molecule has 0 fully saturated rings. The molecule has 36 heavy (non-hydrogen) atoms. The van der Waals surface area contributed by atoms with Crippen LogP contribution in [0.2, 0.25) is 0 Å². The maximum Gasteiger partial charge on any atom is 0.393 e. The molecule has 1 amide bonds. The van der Waals surface area contributed by atoms with Crippen molar-refractivity contribution in [1.29, 1.82) is 0 Å². The number of alkyl halides is 17. The third-order valence-electron chi connectivity index (χ3n) is 3.90. The van der Waals surface area contributed by atoms with Gasteiger partial charge < -0.3 is 0 Å². The number of carbonyl (C=O) groups excluding carboxylic acids is 1. The van der Waals surface area contributed by atoms with Crippen molar-refractivity contribution in [2.75, 3.05) is 11.1 Å². The van der Waals surface area contributed by atoms with Crippen molar-refractivity contribution in [3.05, 3.63) is 0 Å². The Hall–Kier alpha value is -1.45. The van der Waals surface area contributed by atoms with E-state index in [9.17, 15) is 75.0 Å². The Morgan fingerprint density at radius 2 is 1.14 bits per heavy atom. The summed E-state index contributed by atoms with van der Waals surface area (Å²) in [6.45, 7) is 1.50. The predicted molar refractivity (Wildman–Crippen MR) is 90.4 cm³/mol. The van der Waals surface area contributed by atoms with Crippen LogP contribution in [-0.4, -0.2) is 68.7 Å². The highest BCUT2D eigenvalue weighted by atomic mass is 35.5. The number of amides is 1. The van der Waals surface area contributed by atoms with Crippen LogP contribution in [0.1, 0.15) is 6.92 Å². The average Bonchev–Trinajstić information content (AvgIpc) is 3.13. The minimum atomic E-state index is -8.64. The van der Waals surface area contributed by atoms with E-state index in [1.165, 1.54) is 6.92 Å². The molecule has 0 bridgehead atoms. The van der Waals surface area contributed by atoms with Crippen LogP contribution in [0.4, 0.5) is 75.4 Å². The summed E-state index contributed by atoms with van der Waals surface area (Å²) in [7, 11) is 0. The van der Waals surface area contributed by atoms with Crippen molar-refractivity contribution in [1.82, 2.24) is 10.2 Å². The van der Waals surface area contributed by atoms with Crippen LogP contribution in [0.25, 0.3) is 0 Å².